The van der Waals surface area contributed by atoms with E-state index in [-0.39, 0.29) is 5.92 Å². The molecule has 0 saturated heterocycles. The van der Waals surface area contributed by atoms with Crippen molar-refractivity contribution in [1.82, 2.24) is 9.97 Å². The van der Waals surface area contributed by atoms with E-state index in [1.54, 1.807) is 0 Å². The molecule has 12 rings (SSSR count). The third kappa shape index (κ3) is 5.12. The summed E-state index contributed by atoms with van der Waals surface area (Å²) < 4.78 is 6.32. The molecule has 2 aliphatic rings. The van der Waals surface area contributed by atoms with Gasteiger partial charge in [0.25, 0.3) is 0 Å². The molecule has 268 valence electrons. The van der Waals surface area contributed by atoms with Crippen LogP contribution < -0.4 is 0 Å². The second-order valence-electron chi connectivity index (χ2n) is 15.6. The monoisotopic (exact) mass is 728 g/mol. The van der Waals surface area contributed by atoms with Crippen molar-refractivity contribution in [2.24, 2.45) is 0 Å². The van der Waals surface area contributed by atoms with Crippen LogP contribution in [0.15, 0.2) is 186 Å². The molecule has 3 heteroatoms. The second kappa shape index (κ2) is 12.7. The van der Waals surface area contributed by atoms with Crippen LogP contribution >= 0.6 is 0 Å². The van der Waals surface area contributed by atoms with Gasteiger partial charge in [0.1, 0.15) is 17.0 Å². The minimum Gasteiger partial charge on any atom is -0.456 e. The summed E-state index contributed by atoms with van der Waals surface area (Å²) in [4.78, 5) is 10.8. The van der Waals surface area contributed by atoms with Crippen LogP contribution in [0.1, 0.15) is 45.5 Å². The van der Waals surface area contributed by atoms with Crippen molar-refractivity contribution < 1.29 is 4.42 Å². The molecule has 57 heavy (non-hydrogen) atoms. The predicted molar refractivity (Wildman–Crippen MR) is 233 cm³/mol. The van der Waals surface area contributed by atoms with Gasteiger partial charge in [0.2, 0.25) is 0 Å². The van der Waals surface area contributed by atoms with Crippen LogP contribution in [-0.2, 0) is 12.8 Å². The van der Waals surface area contributed by atoms with Crippen molar-refractivity contribution >= 4 is 32.8 Å². The molecule has 2 aliphatic carbocycles. The first kappa shape index (κ1) is 32.2. The van der Waals surface area contributed by atoms with Gasteiger partial charge in [-0.2, -0.15) is 0 Å². The summed E-state index contributed by atoms with van der Waals surface area (Å²) in [6, 6.07) is 65.9. The summed E-state index contributed by atoms with van der Waals surface area (Å²) in [5, 5.41) is 3.22. The van der Waals surface area contributed by atoms with Crippen molar-refractivity contribution in [1.29, 1.82) is 0 Å². The Kier molecular flexibility index (Phi) is 7.18. The highest BCUT2D eigenvalue weighted by molar-refractivity contribution is 6.14. The smallest absolute Gasteiger partial charge is 0.137 e. The van der Waals surface area contributed by atoms with E-state index in [2.05, 4.69) is 170 Å². The van der Waals surface area contributed by atoms with Gasteiger partial charge in [0.15, 0.2) is 0 Å². The minimum absolute atomic E-state index is 0.00115. The first-order valence-electron chi connectivity index (χ1n) is 19.9. The van der Waals surface area contributed by atoms with Crippen LogP contribution in [0.5, 0.6) is 0 Å². The average molecular weight is 729 g/mol. The molecule has 2 heterocycles. The third-order valence-electron chi connectivity index (χ3n) is 12.4. The lowest BCUT2D eigenvalue weighted by Gasteiger charge is -2.28. The van der Waals surface area contributed by atoms with Gasteiger partial charge in [0, 0.05) is 33.6 Å². The van der Waals surface area contributed by atoms with Gasteiger partial charge in [-0.3, -0.25) is 0 Å². The Morgan fingerprint density at radius 3 is 2.00 bits per heavy atom. The minimum atomic E-state index is 0.00115. The second-order valence-corrected chi connectivity index (χ2v) is 15.6. The fourth-order valence-corrected chi connectivity index (χ4v) is 9.78. The Morgan fingerprint density at radius 1 is 0.474 bits per heavy atom. The number of fused-ring (bicyclic) bond motifs is 10. The summed E-state index contributed by atoms with van der Waals surface area (Å²) in [5.74, 6) is 1.20. The van der Waals surface area contributed by atoms with Crippen molar-refractivity contribution in [3.63, 3.8) is 0 Å². The zero-order chi connectivity index (χ0) is 37.5. The highest BCUT2D eigenvalue weighted by Crippen LogP contribution is 2.49. The fourth-order valence-electron chi connectivity index (χ4n) is 9.78. The van der Waals surface area contributed by atoms with Gasteiger partial charge in [-0.05, 0) is 104 Å². The lowest BCUT2D eigenvalue weighted by Crippen LogP contribution is -2.16. The van der Waals surface area contributed by atoms with Crippen molar-refractivity contribution in [2.75, 3.05) is 0 Å². The van der Waals surface area contributed by atoms with Crippen LogP contribution in [0.25, 0.3) is 77.5 Å². The lowest BCUT2D eigenvalue weighted by molar-refractivity contribution is 0.669. The standard InChI is InChI=1S/C54H36N2O/c1-2-13-33(14-3-1)29-46-38-16-5-6-17-39(38)47-31-35(27-28-41(46)47)34-25-26-36-32-48(40-18-7-4-15-37(40)45(36)30-34)54-55-49-22-10-8-19-42(49)53(56-54)44-21-12-24-51-52(44)43-20-9-11-23-50(43)57-51/h1-28,30-31,46,48H,29,32H2. The molecular weight excluding hydrogens is 693 g/mol. The summed E-state index contributed by atoms with van der Waals surface area (Å²) in [7, 11) is 0. The molecule has 2 unspecified atom stereocenters. The van der Waals surface area contributed by atoms with Gasteiger partial charge in [-0.1, -0.05) is 152 Å². The molecule has 0 bridgehead atoms. The highest BCUT2D eigenvalue weighted by Gasteiger charge is 2.31. The molecule has 3 nitrogen and oxygen atoms in total. The topological polar surface area (TPSA) is 38.9 Å². The molecule has 0 spiro atoms. The number of hydrogen-bond acceptors (Lipinski definition) is 3. The SMILES string of the molecule is c1ccc(CC2c3ccccc3-c3cc(-c4ccc5c(c4)-c4ccccc4C(c4nc(-c6cccc7oc8ccccc8c67)c6ccccc6n4)C5)ccc32)cc1. The molecule has 0 saturated carbocycles. The van der Waals surface area contributed by atoms with Gasteiger partial charge in [-0.25, -0.2) is 9.97 Å². The van der Waals surface area contributed by atoms with E-state index in [4.69, 9.17) is 14.4 Å². The zero-order valence-electron chi connectivity index (χ0n) is 31.2. The Bertz CT molecular complexity index is 3210. The number of benzene rings is 8. The number of rotatable bonds is 5. The lowest BCUT2D eigenvalue weighted by atomic mass is 9.77. The Hall–Kier alpha value is -7.10. The van der Waals surface area contributed by atoms with Gasteiger partial charge in [0.05, 0.1) is 11.2 Å². The Morgan fingerprint density at radius 2 is 1.12 bits per heavy atom. The predicted octanol–water partition coefficient (Wildman–Crippen LogP) is 13.6. The van der Waals surface area contributed by atoms with Crippen molar-refractivity contribution in [2.45, 2.75) is 24.7 Å². The number of para-hydroxylation sites is 2. The third-order valence-corrected chi connectivity index (χ3v) is 12.4. The molecule has 0 radical (unpaired) electrons. The zero-order valence-corrected chi connectivity index (χ0v) is 31.2. The molecule has 0 aliphatic heterocycles. The van der Waals surface area contributed by atoms with E-state index < -0.39 is 0 Å². The normalized spacial score (nSPS) is 15.4. The summed E-state index contributed by atoms with van der Waals surface area (Å²) in [5.41, 5.74) is 19.2. The Balaban J connectivity index is 0.953. The molecule has 10 aromatic rings. The first-order valence-corrected chi connectivity index (χ1v) is 19.9. The largest absolute Gasteiger partial charge is 0.456 e. The summed E-state index contributed by atoms with van der Waals surface area (Å²) in [6.07, 6.45) is 1.82. The van der Waals surface area contributed by atoms with Crippen molar-refractivity contribution in [3.05, 3.63) is 216 Å². The van der Waals surface area contributed by atoms with Crippen LogP contribution in [0, 0.1) is 0 Å². The summed E-state index contributed by atoms with van der Waals surface area (Å²) in [6.45, 7) is 0. The molecule has 8 aromatic carbocycles. The van der Waals surface area contributed by atoms with Gasteiger partial charge in [-0.15, -0.1) is 0 Å². The molecule has 2 atom stereocenters. The number of hydrogen-bond donors (Lipinski definition) is 0. The van der Waals surface area contributed by atoms with Crippen LogP contribution in [0.4, 0.5) is 0 Å². The molecule has 0 fully saturated rings. The van der Waals surface area contributed by atoms with E-state index in [1.807, 2.05) is 12.1 Å². The van der Waals surface area contributed by atoms with E-state index in [0.29, 0.717) is 5.92 Å². The maximum absolute atomic E-state index is 6.32. The highest BCUT2D eigenvalue weighted by atomic mass is 16.3. The fraction of sp³-hybridized carbons (Fsp3) is 0.0741. The quantitative estimate of drug-likeness (QED) is 0.177. The molecule has 0 amide bonds. The summed E-state index contributed by atoms with van der Waals surface area (Å²) >= 11 is 0. The van der Waals surface area contributed by atoms with E-state index >= 15 is 0 Å². The molecule has 2 aromatic heterocycles. The van der Waals surface area contributed by atoms with Gasteiger partial charge >= 0.3 is 0 Å². The van der Waals surface area contributed by atoms with E-state index in [9.17, 15) is 0 Å². The van der Waals surface area contributed by atoms with E-state index in [0.717, 1.165) is 62.8 Å². The maximum atomic E-state index is 6.32. The molecular formula is C54H36N2O. The number of aromatic nitrogens is 2. The van der Waals surface area contributed by atoms with Crippen LogP contribution in [0.2, 0.25) is 0 Å². The van der Waals surface area contributed by atoms with E-state index in [1.165, 1.54) is 61.2 Å². The van der Waals surface area contributed by atoms with Crippen LogP contribution in [0.3, 0.4) is 0 Å². The van der Waals surface area contributed by atoms with Crippen LogP contribution in [-0.4, -0.2) is 9.97 Å². The van der Waals surface area contributed by atoms with Gasteiger partial charge < -0.3 is 4.42 Å². The van der Waals surface area contributed by atoms with Crippen molar-refractivity contribution in [3.8, 4) is 44.6 Å². The number of nitrogens with zero attached hydrogens (tertiary/aromatic N) is 2. The first-order chi connectivity index (χ1) is 28.2. The molecule has 0 N–H and O–H groups in total. The number of furan rings is 1. The average Bonchev–Trinajstić information content (AvgIpc) is 3.81. The maximum Gasteiger partial charge on any atom is 0.137 e. The Labute approximate surface area is 331 Å².